The predicted molar refractivity (Wildman–Crippen MR) is 214 cm³/mol. The molecule has 0 N–H and O–H groups in total. The monoisotopic (exact) mass is 642 g/mol. The Morgan fingerprint density at radius 3 is 0.980 bits per heavy atom. The number of nitrogens with zero attached hydrogens (tertiary/aromatic N) is 2. The van der Waals surface area contributed by atoms with Crippen molar-refractivity contribution in [3.8, 4) is 22.3 Å². The number of fused-ring (bicyclic) bond motifs is 1. The van der Waals surface area contributed by atoms with Gasteiger partial charge in [0.2, 0.25) is 0 Å². The molecule has 0 fully saturated rings. The quantitative estimate of drug-likeness (QED) is 0.163. The van der Waals surface area contributed by atoms with Gasteiger partial charge in [-0.2, -0.15) is 0 Å². The summed E-state index contributed by atoms with van der Waals surface area (Å²) < 4.78 is 0. The lowest BCUT2D eigenvalue weighted by atomic mass is 9.90. The van der Waals surface area contributed by atoms with Gasteiger partial charge in [-0.05, 0) is 131 Å². The molecule has 8 aromatic carbocycles. The van der Waals surface area contributed by atoms with Crippen LogP contribution in [0, 0.1) is 13.8 Å². The molecular formula is C48H38N2. The molecule has 8 rings (SSSR count). The maximum absolute atomic E-state index is 2.38. The van der Waals surface area contributed by atoms with E-state index >= 15 is 0 Å². The zero-order valence-corrected chi connectivity index (χ0v) is 28.4. The third-order valence-electron chi connectivity index (χ3n) is 9.27. The minimum absolute atomic E-state index is 1.11. The third-order valence-corrected chi connectivity index (χ3v) is 9.27. The van der Waals surface area contributed by atoms with Gasteiger partial charge in [-0.1, -0.05) is 121 Å². The number of hydrogen-bond acceptors (Lipinski definition) is 2. The molecule has 0 unspecified atom stereocenters. The molecule has 0 radical (unpaired) electrons. The van der Waals surface area contributed by atoms with Crippen molar-refractivity contribution in [3.63, 3.8) is 0 Å². The Labute approximate surface area is 295 Å². The molecule has 0 aliphatic rings. The number of anilines is 6. The molecule has 0 aromatic heterocycles. The fraction of sp³-hybridized carbons (Fsp3) is 0.0417. The molecule has 2 nitrogen and oxygen atoms in total. The van der Waals surface area contributed by atoms with Crippen LogP contribution < -0.4 is 9.80 Å². The van der Waals surface area contributed by atoms with E-state index in [1.807, 2.05) is 0 Å². The van der Waals surface area contributed by atoms with Crippen LogP contribution >= 0.6 is 0 Å². The summed E-state index contributed by atoms with van der Waals surface area (Å²) in [5.41, 5.74) is 13.9. The van der Waals surface area contributed by atoms with Crippen molar-refractivity contribution in [1.29, 1.82) is 0 Å². The lowest BCUT2D eigenvalue weighted by Crippen LogP contribution is -2.11. The molecular weight excluding hydrogens is 605 g/mol. The van der Waals surface area contributed by atoms with Gasteiger partial charge in [-0.25, -0.2) is 0 Å². The lowest BCUT2D eigenvalue weighted by molar-refractivity contribution is 1.27. The van der Waals surface area contributed by atoms with Gasteiger partial charge in [0.05, 0.1) is 0 Å². The van der Waals surface area contributed by atoms with E-state index < -0.39 is 0 Å². The van der Waals surface area contributed by atoms with Crippen molar-refractivity contribution in [2.75, 3.05) is 9.80 Å². The van der Waals surface area contributed by atoms with E-state index in [1.54, 1.807) is 0 Å². The van der Waals surface area contributed by atoms with Crippen LogP contribution in [0.3, 0.4) is 0 Å². The average Bonchev–Trinajstić information content (AvgIpc) is 3.16. The summed E-state index contributed by atoms with van der Waals surface area (Å²) in [6.45, 7) is 4.31. The number of hydrogen-bond donors (Lipinski definition) is 0. The maximum Gasteiger partial charge on any atom is 0.0474 e. The van der Waals surface area contributed by atoms with E-state index in [-0.39, 0.29) is 0 Å². The fourth-order valence-corrected chi connectivity index (χ4v) is 6.99. The Morgan fingerprint density at radius 1 is 0.280 bits per heavy atom. The fourth-order valence-electron chi connectivity index (χ4n) is 6.99. The van der Waals surface area contributed by atoms with Crippen molar-refractivity contribution in [2.24, 2.45) is 0 Å². The SMILES string of the molecule is Cc1cccc(N(c2ccccc2)c2cc(-c3ccccc3)c3cc(N(c4ccccc4)c4cccc(C)c4)cc(-c4ccccc4)c3c2)c1. The van der Waals surface area contributed by atoms with Crippen molar-refractivity contribution < 1.29 is 0 Å². The van der Waals surface area contributed by atoms with E-state index in [2.05, 4.69) is 218 Å². The molecule has 0 atom stereocenters. The number of aryl methyl sites for hydroxylation is 2. The summed E-state index contributed by atoms with van der Waals surface area (Å²) in [5, 5.41) is 2.39. The van der Waals surface area contributed by atoms with Gasteiger partial charge >= 0.3 is 0 Å². The molecule has 50 heavy (non-hydrogen) atoms. The Balaban J connectivity index is 1.47. The standard InChI is InChI=1S/C48H38N2/c1-35-17-15-27-41(29-35)49(39-23-11-5-12-24-39)43-31-45(37-19-7-3-8-20-37)48-34-44(32-46(47(48)33-43)38-21-9-4-10-22-38)50(40-25-13-6-14-26-40)42-28-16-18-36(2)30-42/h3-34H,1-2H3. The highest BCUT2D eigenvalue weighted by atomic mass is 15.1. The number of rotatable bonds is 8. The molecule has 0 saturated heterocycles. The molecule has 0 saturated carbocycles. The summed E-state index contributed by atoms with van der Waals surface area (Å²) in [6, 6.07) is 70.0. The second-order valence-corrected chi connectivity index (χ2v) is 12.8. The largest absolute Gasteiger partial charge is 0.310 e. The zero-order chi connectivity index (χ0) is 33.9. The van der Waals surface area contributed by atoms with Crippen LogP contribution in [0.1, 0.15) is 11.1 Å². The van der Waals surface area contributed by atoms with Crippen molar-refractivity contribution in [3.05, 3.63) is 205 Å². The maximum atomic E-state index is 2.38. The summed E-state index contributed by atoms with van der Waals surface area (Å²) in [7, 11) is 0. The van der Waals surface area contributed by atoms with Gasteiger partial charge in [0.15, 0.2) is 0 Å². The van der Waals surface area contributed by atoms with E-state index in [4.69, 9.17) is 0 Å². The summed E-state index contributed by atoms with van der Waals surface area (Å²) >= 11 is 0. The highest BCUT2D eigenvalue weighted by Crippen LogP contribution is 2.46. The highest BCUT2D eigenvalue weighted by Gasteiger charge is 2.21. The van der Waals surface area contributed by atoms with Crippen LogP contribution in [0.15, 0.2) is 194 Å². The van der Waals surface area contributed by atoms with Crippen LogP contribution in [0.5, 0.6) is 0 Å². The molecule has 0 amide bonds. The number of para-hydroxylation sites is 2. The zero-order valence-electron chi connectivity index (χ0n) is 28.4. The first-order valence-corrected chi connectivity index (χ1v) is 17.2. The summed E-state index contributed by atoms with van der Waals surface area (Å²) in [6.07, 6.45) is 0. The molecule has 0 aliphatic carbocycles. The van der Waals surface area contributed by atoms with E-state index in [0.29, 0.717) is 0 Å². The van der Waals surface area contributed by atoms with E-state index in [0.717, 1.165) is 34.1 Å². The number of benzene rings is 8. The Kier molecular flexibility index (Phi) is 8.42. The third kappa shape index (κ3) is 6.16. The van der Waals surface area contributed by atoms with Gasteiger partial charge in [0.25, 0.3) is 0 Å². The first kappa shape index (κ1) is 30.9. The van der Waals surface area contributed by atoms with Crippen molar-refractivity contribution >= 4 is 44.9 Å². The first-order valence-electron chi connectivity index (χ1n) is 17.2. The van der Waals surface area contributed by atoms with Gasteiger partial charge in [-0.15, -0.1) is 0 Å². The van der Waals surface area contributed by atoms with Crippen molar-refractivity contribution in [2.45, 2.75) is 13.8 Å². The summed E-state index contributed by atoms with van der Waals surface area (Å²) in [5.74, 6) is 0. The van der Waals surface area contributed by atoms with Crippen molar-refractivity contribution in [1.82, 2.24) is 0 Å². The smallest absolute Gasteiger partial charge is 0.0474 e. The average molecular weight is 643 g/mol. The second kappa shape index (κ2) is 13.6. The highest BCUT2D eigenvalue weighted by molar-refractivity contribution is 6.09. The molecule has 0 spiro atoms. The molecule has 0 heterocycles. The Hall–Kier alpha value is -6.38. The molecule has 0 aliphatic heterocycles. The van der Waals surface area contributed by atoms with E-state index in [9.17, 15) is 0 Å². The minimum atomic E-state index is 1.11. The van der Waals surface area contributed by atoms with Crippen LogP contribution in [0.4, 0.5) is 34.1 Å². The van der Waals surface area contributed by atoms with Gasteiger partial charge < -0.3 is 9.80 Å². The molecule has 8 aromatic rings. The molecule has 240 valence electrons. The van der Waals surface area contributed by atoms with Gasteiger partial charge in [0, 0.05) is 34.1 Å². The summed E-state index contributed by atoms with van der Waals surface area (Å²) in [4.78, 5) is 4.76. The Morgan fingerprint density at radius 2 is 0.620 bits per heavy atom. The van der Waals surface area contributed by atoms with Crippen LogP contribution in [-0.4, -0.2) is 0 Å². The van der Waals surface area contributed by atoms with Crippen LogP contribution in [0.2, 0.25) is 0 Å². The lowest BCUT2D eigenvalue weighted by Gasteiger charge is -2.29. The van der Waals surface area contributed by atoms with Crippen LogP contribution in [-0.2, 0) is 0 Å². The molecule has 2 heteroatoms. The topological polar surface area (TPSA) is 6.48 Å². The minimum Gasteiger partial charge on any atom is -0.310 e. The first-order chi connectivity index (χ1) is 24.6. The normalized spacial score (nSPS) is 11.0. The van der Waals surface area contributed by atoms with Gasteiger partial charge in [0.1, 0.15) is 0 Å². The predicted octanol–water partition coefficient (Wildman–Crippen LogP) is 13.7. The van der Waals surface area contributed by atoms with E-state index in [1.165, 1.54) is 44.2 Å². The van der Waals surface area contributed by atoms with Crippen LogP contribution in [0.25, 0.3) is 33.0 Å². The Bertz CT molecular complexity index is 2210. The molecule has 0 bridgehead atoms. The van der Waals surface area contributed by atoms with Gasteiger partial charge in [-0.3, -0.25) is 0 Å². The second-order valence-electron chi connectivity index (χ2n) is 12.8.